The molecule has 98 valence electrons. The molecular weight excluding hydrogens is 238 g/mol. The molecule has 1 aromatic carbocycles. The van der Waals surface area contributed by atoms with Crippen molar-refractivity contribution in [3.63, 3.8) is 0 Å². The zero-order valence-electron chi connectivity index (χ0n) is 10.8. The number of hydrogen-bond donors (Lipinski definition) is 1. The molecule has 0 spiro atoms. The average molecular weight is 255 g/mol. The first-order chi connectivity index (χ1) is 9.34. The van der Waals surface area contributed by atoms with E-state index in [0.29, 0.717) is 11.7 Å². The number of carbonyl (C=O) groups is 1. The molecule has 0 saturated heterocycles. The van der Waals surface area contributed by atoms with Crippen LogP contribution in [0, 0.1) is 0 Å². The molecule has 2 aromatic rings. The summed E-state index contributed by atoms with van der Waals surface area (Å²) >= 11 is 0. The molecule has 1 fully saturated rings. The maximum Gasteiger partial charge on any atom is 0.270 e. The van der Waals surface area contributed by atoms with Crippen molar-refractivity contribution in [2.75, 3.05) is 0 Å². The number of nitrogens with one attached hydrogen (secondary N) is 1. The van der Waals surface area contributed by atoms with E-state index in [0.717, 1.165) is 23.7 Å². The predicted octanol–water partition coefficient (Wildman–Crippen LogP) is 2.69. The van der Waals surface area contributed by atoms with Gasteiger partial charge in [0.15, 0.2) is 0 Å². The molecule has 0 bridgehead atoms. The third-order valence-corrected chi connectivity index (χ3v) is 3.70. The third-order valence-electron chi connectivity index (χ3n) is 3.70. The summed E-state index contributed by atoms with van der Waals surface area (Å²) in [5.41, 5.74) is 1.29. The largest absolute Gasteiger partial charge is 0.348 e. The Balaban J connectivity index is 1.85. The summed E-state index contributed by atoms with van der Waals surface area (Å²) in [4.78, 5) is 20.7. The van der Waals surface area contributed by atoms with E-state index in [9.17, 15) is 4.79 Å². The Hall–Kier alpha value is -1.97. The Bertz CT molecular complexity index is 585. The fraction of sp³-hybridized carbons (Fsp3) is 0.400. The van der Waals surface area contributed by atoms with Gasteiger partial charge in [0.1, 0.15) is 12.0 Å². The number of benzene rings is 1. The molecule has 1 amide bonds. The number of amides is 1. The lowest BCUT2D eigenvalue weighted by atomic mass is 9.95. The van der Waals surface area contributed by atoms with E-state index in [1.54, 1.807) is 0 Å². The first kappa shape index (κ1) is 12.1. The summed E-state index contributed by atoms with van der Waals surface area (Å²) in [5.74, 6) is -0.0782. The predicted molar refractivity (Wildman–Crippen MR) is 73.9 cm³/mol. The highest BCUT2D eigenvalue weighted by Crippen LogP contribution is 2.19. The number of rotatable bonds is 2. The Kier molecular flexibility index (Phi) is 3.40. The highest BCUT2D eigenvalue weighted by molar-refractivity contribution is 6.04. The van der Waals surface area contributed by atoms with E-state index in [2.05, 4.69) is 15.3 Å². The lowest BCUT2D eigenvalue weighted by Crippen LogP contribution is -2.36. The van der Waals surface area contributed by atoms with Crippen LogP contribution in [0.15, 0.2) is 30.6 Å². The number of carbonyl (C=O) groups excluding carboxylic acids is 1. The summed E-state index contributed by atoms with van der Waals surface area (Å²) in [5, 5.41) is 3.92. The fourth-order valence-corrected chi connectivity index (χ4v) is 2.69. The summed E-state index contributed by atoms with van der Waals surface area (Å²) in [6.07, 6.45) is 7.30. The molecule has 1 aromatic heterocycles. The monoisotopic (exact) mass is 255 g/mol. The second kappa shape index (κ2) is 5.34. The van der Waals surface area contributed by atoms with Gasteiger partial charge in [-0.2, -0.15) is 0 Å². The van der Waals surface area contributed by atoms with E-state index in [-0.39, 0.29) is 5.91 Å². The van der Waals surface area contributed by atoms with Gasteiger partial charge in [-0.1, -0.05) is 37.5 Å². The van der Waals surface area contributed by atoms with Gasteiger partial charge < -0.3 is 5.32 Å². The van der Waals surface area contributed by atoms with E-state index in [1.807, 2.05) is 24.3 Å². The average Bonchev–Trinajstić information content (AvgIpc) is 2.47. The minimum atomic E-state index is -0.0782. The minimum absolute atomic E-state index is 0.0782. The molecule has 0 aliphatic heterocycles. The number of nitrogens with zero attached hydrogens (tertiary/aromatic N) is 2. The van der Waals surface area contributed by atoms with Gasteiger partial charge in [0.25, 0.3) is 5.91 Å². The van der Waals surface area contributed by atoms with Crippen molar-refractivity contribution >= 4 is 16.8 Å². The number of para-hydroxylation sites is 1. The molecule has 1 heterocycles. The molecule has 3 rings (SSSR count). The second-order valence-corrected chi connectivity index (χ2v) is 5.05. The van der Waals surface area contributed by atoms with Crippen LogP contribution in [0.2, 0.25) is 0 Å². The van der Waals surface area contributed by atoms with Crippen LogP contribution < -0.4 is 5.32 Å². The highest BCUT2D eigenvalue weighted by Gasteiger charge is 2.18. The topological polar surface area (TPSA) is 54.9 Å². The van der Waals surface area contributed by atoms with Crippen LogP contribution in [0.3, 0.4) is 0 Å². The summed E-state index contributed by atoms with van der Waals surface area (Å²) in [6, 6.07) is 7.91. The van der Waals surface area contributed by atoms with Gasteiger partial charge in [0, 0.05) is 11.4 Å². The lowest BCUT2D eigenvalue weighted by Gasteiger charge is -2.22. The molecule has 4 nitrogen and oxygen atoms in total. The normalized spacial score (nSPS) is 16.4. The zero-order chi connectivity index (χ0) is 13.1. The first-order valence-electron chi connectivity index (χ1n) is 6.85. The molecule has 0 atom stereocenters. The van der Waals surface area contributed by atoms with Crippen LogP contribution in [0.4, 0.5) is 0 Å². The van der Waals surface area contributed by atoms with E-state index in [1.165, 1.54) is 25.6 Å². The number of hydrogen-bond acceptors (Lipinski definition) is 3. The van der Waals surface area contributed by atoms with Crippen LogP contribution >= 0.6 is 0 Å². The quantitative estimate of drug-likeness (QED) is 0.897. The molecule has 1 aliphatic rings. The maximum absolute atomic E-state index is 12.3. The van der Waals surface area contributed by atoms with Gasteiger partial charge in [-0.05, 0) is 18.9 Å². The van der Waals surface area contributed by atoms with Gasteiger partial charge in [-0.3, -0.25) is 4.79 Å². The minimum Gasteiger partial charge on any atom is -0.348 e. The molecule has 0 radical (unpaired) electrons. The SMILES string of the molecule is O=C(NC1CCCCC1)c1ncnc2ccccc12. The Morgan fingerprint density at radius 2 is 1.89 bits per heavy atom. The van der Waals surface area contributed by atoms with Crippen LogP contribution in [-0.4, -0.2) is 21.9 Å². The second-order valence-electron chi connectivity index (χ2n) is 5.05. The lowest BCUT2D eigenvalue weighted by molar-refractivity contribution is 0.0924. The Morgan fingerprint density at radius 1 is 1.11 bits per heavy atom. The standard InChI is InChI=1S/C15H17N3O/c19-15(18-11-6-2-1-3-7-11)14-12-8-4-5-9-13(12)16-10-17-14/h4-5,8-11H,1-3,6-7H2,(H,18,19). The van der Waals surface area contributed by atoms with E-state index < -0.39 is 0 Å². The molecular formula is C15H17N3O. The molecule has 1 saturated carbocycles. The van der Waals surface area contributed by atoms with Gasteiger partial charge in [0.2, 0.25) is 0 Å². The molecule has 0 unspecified atom stereocenters. The first-order valence-corrected chi connectivity index (χ1v) is 6.85. The van der Waals surface area contributed by atoms with E-state index >= 15 is 0 Å². The Morgan fingerprint density at radius 3 is 2.74 bits per heavy atom. The summed E-state index contributed by atoms with van der Waals surface area (Å²) in [7, 11) is 0. The van der Waals surface area contributed by atoms with Gasteiger partial charge in [0.05, 0.1) is 5.52 Å². The third kappa shape index (κ3) is 2.57. The van der Waals surface area contributed by atoms with Crippen LogP contribution in [0.5, 0.6) is 0 Å². The molecule has 1 aliphatic carbocycles. The van der Waals surface area contributed by atoms with Crippen molar-refractivity contribution in [1.82, 2.24) is 15.3 Å². The van der Waals surface area contributed by atoms with Crippen LogP contribution in [0.1, 0.15) is 42.6 Å². The van der Waals surface area contributed by atoms with Gasteiger partial charge >= 0.3 is 0 Å². The van der Waals surface area contributed by atoms with Crippen molar-refractivity contribution in [1.29, 1.82) is 0 Å². The van der Waals surface area contributed by atoms with E-state index in [4.69, 9.17) is 0 Å². The van der Waals surface area contributed by atoms with Crippen molar-refractivity contribution < 1.29 is 4.79 Å². The molecule has 1 N–H and O–H groups in total. The maximum atomic E-state index is 12.3. The number of aromatic nitrogens is 2. The summed E-state index contributed by atoms with van der Waals surface area (Å²) < 4.78 is 0. The molecule has 4 heteroatoms. The van der Waals surface area contributed by atoms with Crippen LogP contribution in [0.25, 0.3) is 10.9 Å². The van der Waals surface area contributed by atoms with Crippen LogP contribution in [-0.2, 0) is 0 Å². The highest BCUT2D eigenvalue weighted by atomic mass is 16.1. The zero-order valence-corrected chi connectivity index (χ0v) is 10.8. The summed E-state index contributed by atoms with van der Waals surface area (Å²) in [6.45, 7) is 0. The molecule has 19 heavy (non-hydrogen) atoms. The van der Waals surface area contributed by atoms with Crippen molar-refractivity contribution in [2.45, 2.75) is 38.1 Å². The Labute approximate surface area is 112 Å². The van der Waals surface area contributed by atoms with Crippen molar-refractivity contribution in [3.8, 4) is 0 Å². The van der Waals surface area contributed by atoms with Gasteiger partial charge in [-0.15, -0.1) is 0 Å². The van der Waals surface area contributed by atoms with Crippen molar-refractivity contribution in [2.24, 2.45) is 0 Å². The van der Waals surface area contributed by atoms with Crippen molar-refractivity contribution in [3.05, 3.63) is 36.3 Å². The smallest absolute Gasteiger partial charge is 0.270 e. The van der Waals surface area contributed by atoms with Gasteiger partial charge in [-0.25, -0.2) is 9.97 Å². The number of fused-ring (bicyclic) bond motifs is 1. The fourth-order valence-electron chi connectivity index (χ4n) is 2.69.